The molecule has 0 bridgehead atoms. The van der Waals surface area contributed by atoms with Gasteiger partial charge in [0.2, 0.25) is 5.91 Å². The van der Waals surface area contributed by atoms with Crippen LogP contribution in [0.1, 0.15) is 26.2 Å². The van der Waals surface area contributed by atoms with Crippen LogP contribution in [-0.2, 0) is 9.59 Å². The van der Waals surface area contributed by atoms with Gasteiger partial charge in [-0.25, -0.2) is 0 Å². The molecule has 5 N–H and O–H groups in total. The predicted molar refractivity (Wildman–Crippen MR) is 54.2 cm³/mol. The van der Waals surface area contributed by atoms with Crippen LogP contribution >= 0.6 is 0 Å². The molecule has 0 aliphatic heterocycles. The van der Waals surface area contributed by atoms with E-state index in [-0.39, 0.29) is 25.5 Å². The van der Waals surface area contributed by atoms with Gasteiger partial charge in [-0.15, -0.1) is 0 Å². The predicted octanol–water partition coefficient (Wildman–Crippen LogP) is -0.934. The molecule has 0 aromatic heterocycles. The number of hydrogen-bond acceptors (Lipinski definition) is 4. The van der Waals surface area contributed by atoms with Gasteiger partial charge in [-0.3, -0.25) is 9.59 Å². The number of nitrogens with two attached hydrogens (primary N) is 1. The van der Waals surface area contributed by atoms with E-state index in [0.717, 1.165) is 0 Å². The topological polar surface area (TPSA) is 113 Å². The minimum Gasteiger partial charge on any atom is -0.481 e. The van der Waals surface area contributed by atoms with Gasteiger partial charge in [-0.1, -0.05) is 6.92 Å². The van der Waals surface area contributed by atoms with E-state index in [1.807, 2.05) is 6.92 Å². The zero-order valence-electron chi connectivity index (χ0n) is 8.77. The number of aliphatic carboxylic acids is 1. The van der Waals surface area contributed by atoms with Crippen LogP contribution in [0.4, 0.5) is 0 Å². The molecule has 0 aromatic rings. The second-order valence-electron chi connectivity index (χ2n) is 3.34. The molecule has 2 unspecified atom stereocenters. The Labute approximate surface area is 88.5 Å². The van der Waals surface area contributed by atoms with Crippen molar-refractivity contribution in [3.63, 3.8) is 0 Å². The second-order valence-corrected chi connectivity index (χ2v) is 3.34. The van der Waals surface area contributed by atoms with Crippen molar-refractivity contribution in [2.45, 2.75) is 38.3 Å². The molecule has 15 heavy (non-hydrogen) atoms. The normalized spacial score (nSPS) is 14.3. The SMILES string of the molecule is CCC(CO)NC(=O)C(N)CCC(=O)O. The molecule has 6 heteroatoms. The number of hydrogen-bond donors (Lipinski definition) is 4. The van der Waals surface area contributed by atoms with Gasteiger partial charge in [-0.05, 0) is 12.8 Å². The Bertz CT molecular complexity index is 216. The summed E-state index contributed by atoms with van der Waals surface area (Å²) >= 11 is 0. The lowest BCUT2D eigenvalue weighted by atomic mass is 10.1. The number of nitrogens with one attached hydrogen (secondary N) is 1. The Kier molecular flexibility index (Phi) is 6.64. The first-order chi connectivity index (χ1) is 7.01. The van der Waals surface area contributed by atoms with Crippen molar-refractivity contribution >= 4 is 11.9 Å². The summed E-state index contributed by atoms with van der Waals surface area (Å²) in [4.78, 5) is 21.6. The maximum absolute atomic E-state index is 11.3. The van der Waals surface area contributed by atoms with Crippen molar-refractivity contribution in [3.8, 4) is 0 Å². The molecule has 0 saturated heterocycles. The third-order valence-electron chi connectivity index (χ3n) is 2.07. The number of carbonyl (C=O) groups excluding carboxylic acids is 1. The summed E-state index contributed by atoms with van der Waals surface area (Å²) in [7, 11) is 0. The van der Waals surface area contributed by atoms with Crippen LogP contribution in [0.5, 0.6) is 0 Å². The average molecular weight is 218 g/mol. The summed E-state index contributed by atoms with van der Waals surface area (Å²) in [6.45, 7) is 1.68. The third-order valence-corrected chi connectivity index (χ3v) is 2.07. The fraction of sp³-hybridized carbons (Fsp3) is 0.778. The van der Waals surface area contributed by atoms with Crippen molar-refractivity contribution in [1.82, 2.24) is 5.32 Å². The Morgan fingerprint density at radius 1 is 1.47 bits per heavy atom. The van der Waals surface area contributed by atoms with Crippen LogP contribution in [0, 0.1) is 0 Å². The molecule has 0 rings (SSSR count). The molecule has 1 amide bonds. The Morgan fingerprint density at radius 2 is 2.07 bits per heavy atom. The van der Waals surface area contributed by atoms with Crippen molar-refractivity contribution in [3.05, 3.63) is 0 Å². The Hall–Kier alpha value is -1.14. The van der Waals surface area contributed by atoms with E-state index in [2.05, 4.69) is 5.32 Å². The van der Waals surface area contributed by atoms with E-state index < -0.39 is 17.9 Å². The van der Waals surface area contributed by atoms with E-state index in [1.165, 1.54) is 0 Å². The highest BCUT2D eigenvalue weighted by molar-refractivity contribution is 5.82. The molecule has 0 heterocycles. The first-order valence-corrected chi connectivity index (χ1v) is 4.89. The number of rotatable bonds is 7. The van der Waals surface area contributed by atoms with E-state index in [9.17, 15) is 9.59 Å². The number of carbonyl (C=O) groups is 2. The van der Waals surface area contributed by atoms with Gasteiger partial charge >= 0.3 is 5.97 Å². The van der Waals surface area contributed by atoms with Gasteiger partial charge in [-0.2, -0.15) is 0 Å². The molecule has 0 radical (unpaired) electrons. The minimum atomic E-state index is -0.979. The summed E-state index contributed by atoms with van der Waals surface area (Å²) < 4.78 is 0. The molecule has 0 aliphatic carbocycles. The van der Waals surface area contributed by atoms with E-state index in [0.29, 0.717) is 6.42 Å². The molecule has 0 aliphatic rings. The van der Waals surface area contributed by atoms with E-state index >= 15 is 0 Å². The fourth-order valence-corrected chi connectivity index (χ4v) is 0.995. The highest BCUT2D eigenvalue weighted by Gasteiger charge is 2.17. The molecule has 6 nitrogen and oxygen atoms in total. The summed E-state index contributed by atoms with van der Waals surface area (Å²) in [5, 5.41) is 19.7. The van der Waals surface area contributed by atoms with Crippen molar-refractivity contribution in [1.29, 1.82) is 0 Å². The fourth-order valence-electron chi connectivity index (χ4n) is 0.995. The summed E-state index contributed by atoms with van der Waals surface area (Å²) in [5.41, 5.74) is 5.47. The average Bonchev–Trinajstić information content (AvgIpc) is 2.21. The smallest absolute Gasteiger partial charge is 0.303 e. The quantitative estimate of drug-likeness (QED) is 0.441. The lowest BCUT2D eigenvalue weighted by Gasteiger charge is -2.17. The van der Waals surface area contributed by atoms with Crippen molar-refractivity contribution in [2.24, 2.45) is 5.73 Å². The number of carboxylic acids is 1. The number of amides is 1. The lowest BCUT2D eigenvalue weighted by Crippen LogP contribution is -2.46. The molecule has 0 spiro atoms. The van der Waals surface area contributed by atoms with Crippen LogP contribution in [0.15, 0.2) is 0 Å². The molecular weight excluding hydrogens is 200 g/mol. The molecule has 0 aromatic carbocycles. The van der Waals surface area contributed by atoms with Gasteiger partial charge in [0, 0.05) is 6.42 Å². The lowest BCUT2D eigenvalue weighted by molar-refractivity contribution is -0.137. The second kappa shape index (κ2) is 7.19. The van der Waals surface area contributed by atoms with Crippen LogP contribution in [0.3, 0.4) is 0 Å². The number of aliphatic hydroxyl groups is 1. The van der Waals surface area contributed by atoms with Crippen LogP contribution in [-0.4, -0.2) is 40.8 Å². The van der Waals surface area contributed by atoms with Gasteiger partial charge in [0.15, 0.2) is 0 Å². The van der Waals surface area contributed by atoms with Gasteiger partial charge in [0.1, 0.15) is 0 Å². The third kappa shape index (κ3) is 6.03. The molecular formula is C9H18N2O4. The zero-order valence-corrected chi connectivity index (χ0v) is 8.77. The molecule has 2 atom stereocenters. The Balaban J connectivity index is 3.92. The maximum atomic E-state index is 11.3. The largest absolute Gasteiger partial charge is 0.481 e. The first-order valence-electron chi connectivity index (χ1n) is 4.89. The van der Waals surface area contributed by atoms with Gasteiger partial charge < -0.3 is 21.3 Å². The van der Waals surface area contributed by atoms with Gasteiger partial charge in [0.25, 0.3) is 0 Å². The van der Waals surface area contributed by atoms with Crippen LogP contribution < -0.4 is 11.1 Å². The zero-order chi connectivity index (χ0) is 11.8. The van der Waals surface area contributed by atoms with Gasteiger partial charge in [0.05, 0.1) is 18.7 Å². The van der Waals surface area contributed by atoms with E-state index in [4.69, 9.17) is 15.9 Å². The minimum absolute atomic E-state index is 0.100. The van der Waals surface area contributed by atoms with Crippen molar-refractivity contribution < 1.29 is 19.8 Å². The highest BCUT2D eigenvalue weighted by atomic mass is 16.4. The number of aliphatic hydroxyl groups excluding tert-OH is 1. The standard InChI is InChI=1S/C9H18N2O4/c1-2-6(5-12)11-9(15)7(10)3-4-8(13)14/h6-7,12H,2-5,10H2,1H3,(H,11,15)(H,13,14). The first kappa shape index (κ1) is 13.9. The highest BCUT2D eigenvalue weighted by Crippen LogP contribution is 1.97. The van der Waals surface area contributed by atoms with Crippen LogP contribution in [0.25, 0.3) is 0 Å². The summed E-state index contributed by atoms with van der Waals surface area (Å²) in [5.74, 6) is -1.40. The Morgan fingerprint density at radius 3 is 2.47 bits per heavy atom. The molecule has 0 fully saturated rings. The summed E-state index contributed by atoms with van der Waals surface area (Å²) in [6.07, 6.45) is 0.571. The van der Waals surface area contributed by atoms with Crippen LogP contribution in [0.2, 0.25) is 0 Å². The van der Waals surface area contributed by atoms with E-state index in [1.54, 1.807) is 0 Å². The summed E-state index contributed by atoms with van der Waals surface area (Å²) in [6, 6.07) is -1.14. The van der Waals surface area contributed by atoms with Crippen molar-refractivity contribution in [2.75, 3.05) is 6.61 Å². The molecule has 88 valence electrons. The monoisotopic (exact) mass is 218 g/mol. The maximum Gasteiger partial charge on any atom is 0.303 e. The number of carboxylic acid groups (broad SMARTS) is 1. The molecule has 0 saturated carbocycles.